The smallest absolute Gasteiger partial charge is 0.356 e. The molecule has 0 aliphatic heterocycles. The van der Waals surface area contributed by atoms with Gasteiger partial charge in [-0.1, -0.05) is 0 Å². The molecule has 0 fully saturated rings. The van der Waals surface area contributed by atoms with Crippen LogP contribution in [0.25, 0.3) is 0 Å². The summed E-state index contributed by atoms with van der Waals surface area (Å²) in [6.07, 6.45) is -1.57. The fourth-order valence-corrected chi connectivity index (χ4v) is 0.916. The molecule has 0 spiro atoms. The van der Waals surface area contributed by atoms with Gasteiger partial charge in [0.25, 0.3) is 0 Å². The third-order valence-corrected chi connectivity index (χ3v) is 1.96. The van der Waals surface area contributed by atoms with Crippen molar-refractivity contribution < 1.29 is 24.6 Å². The van der Waals surface area contributed by atoms with E-state index in [1.807, 2.05) is 0 Å². The highest BCUT2D eigenvalue weighted by atomic mass is 31.2. The van der Waals surface area contributed by atoms with Gasteiger partial charge in [-0.25, -0.2) is 0 Å². The molecule has 0 heterocycles. The molecule has 0 aliphatic carbocycles. The van der Waals surface area contributed by atoms with Crippen molar-refractivity contribution in [1.29, 1.82) is 0 Å². The second kappa shape index (κ2) is 3.43. The Morgan fingerprint density at radius 2 is 1.80 bits per heavy atom. The van der Waals surface area contributed by atoms with Crippen LogP contribution in [0, 0.1) is 0 Å². The first kappa shape index (κ1) is 10.0. The van der Waals surface area contributed by atoms with E-state index in [0.717, 1.165) is 0 Å². The quantitative estimate of drug-likeness (QED) is 0.307. The lowest BCUT2D eigenvalue weighted by Gasteiger charge is -2.16. The zero-order chi connectivity index (χ0) is 8.36. The van der Waals surface area contributed by atoms with Gasteiger partial charge in [-0.3, -0.25) is 4.57 Å². The lowest BCUT2D eigenvalue weighted by Crippen LogP contribution is -2.32. The minimum atomic E-state index is -4.60. The Kier molecular flexibility index (Phi) is 3.44. The van der Waals surface area contributed by atoms with E-state index in [9.17, 15) is 4.57 Å². The Labute approximate surface area is 57.4 Å². The fraction of sp³-hybridized carbons (Fsp3) is 1.00. The Hall–Kier alpha value is 0.0300. The molecule has 2 atom stereocenters. The van der Waals surface area contributed by atoms with E-state index in [1.165, 1.54) is 0 Å². The lowest BCUT2D eigenvalue weighted by atomic mass is 10.4. The zero-order valence-electron chi connectivity index (χ0n) is 5.08. The van der Waals surface area contributed by atoms with Crippen molar-refractivity contribution in [1.82, 2.24) is 0 Å². The van der Waals surface area contributed by atoms with Crippen molar-refractivity contribution >= 4 is 7.60 Å². The van der Waals surface area contributed by atoms with Gasteiger partial charge < -0.3 is 25.7 Å². The summed E-state index contributed by atoms with van der Waals surface area (Å²) in [6, 6.07) is 0. The van der Waals surface area contributed by atoms with Crippen LogP contribution in [-0.4, -0.2) is 38.5 Å². The van der Waals surface area contributed by atoms with Crippen LogP contribution in [0.2, 0.25) is 0 Å². The average molecular weight is 171 g/mol. The molecule has 6 nitrogen and oxygen atoms in total. The summed E-state index contributed by atoms with van der Waals surface area (Å²) in [6.45, 7) is -0.383. The van der Waals surface area contributed by atoms with E-state index in [2.05, 4.69) is 0 Å². The molecule has 0 amide bonds. The standard InChI is InChI=1S/C3H10NO5P/c4-1-2(5)3(6)10(7,8)9/h2-3,5-6H,1,4H2,(H2,7,8,9)/t2-,3-/m0/s1. The van der Waals surface area contributed by atoms with Crippen LogP contribution >= 0.6 is 7.60 Å². The van der Waals surface area contributed by atoms with E-state index in [1.54, 1.807) is 0 Å². The molecule has 62 valence electrons. The molecule has 10 heavy (non-hydrogen) atoms. The summed E-state index contributed by atoms with van der Waals surface area (Å²) in [4.78, 5) is 16.5. The van der Waals surface area contributed by atoms with Gasteiger partial charge in [0, 0.05) is 6.54 Å². The number of hydrogen-bond acceptors (Lipinski definition) is 4. The molecular weight excluding hydrogens is 161 g/mol. The normalized spacial score (nSPS) is 18.5. The van der Waals surface area contributed by atoms with Crippen LogP contribution in [0.1, 0.15) is 0 Å². The van der Waals surface area contributed by atoms with Gasteiger partial charge in [0.05, 0.1) is 0 Å². The maximum Gasteiger partial charge on any atom is 0.356 e. The first-order valence-corrected chi connectivity index (χ1v) is 4.19. The molecule has 0 aromatic heterocycles. The summed E-state index contributed by atoms with van der Waals surface area (Å²) >= 11 is 0. The van der Waals surface area contributed by atoms with Gasteiger partial charge in [-0.2, -0.15) is 0 Å². The van der Waals surface area contributed by atoms with Crippen molar-refractivity contribution in [2.24, 2.45) is 5.73 Å². The molecule has 0 bridgehead atoms. The molecule has 6 N–H and O–H groups in total. The number of aliphatic hydroxyl groups is 2. The van der Waals surface area contributed by atoms with Crippen LogP contribution in [-0.2, 0) is 4.57 Å². The van der Waals surface area contributed by atoms with E-state index in [4.69, 9.17) is 25.7 Å². The van der Waals surface area contributed by atoms with Gasteiger partial charge in [-0.15, -0.1) is 0 Å². The van der Waals surface area contributed by atoms with Gasteiger partial charge in [-0.05, 0) is 0 Å². The Morgan fingerprint density at radius 3 is 1.90 bits per heavy atom. The molecule has 0 unspecified atom stereocenters. The predicted octanol–water partition coefficient (Wildman–Crippen LogP) is -2.20. The van der Waals surface area contributed by atoms with E-state index < -0.39 is 19.5 Å². The highest BCUT2D eigenvalue weighted by molar-refractivity contribution is 7.52. The molecule has 0 aromatic rings. The summed E-state index contributed by atoms with van der Waals surface area (Å²) in [5, 5.41) is 17.2. The highest BCUT2D eigenvalue weighted by Crippen LogP contribution is 2.40. The molecule has 0 aromatic carbocycles. The van der Waals surface area contributed by atoms with Crippen molar-refractivity contribution in [2.75, 3.05) is 6.54 Å². The molecule has 0 aliphatic rings. The van der Waals surface area contributed by atoms with Crippen LogP contribution in [0.15, 0.2) is 0 Å². The zero-order valence-corrected chi connectivity index (χ0v) is 5.98. The molecule has 0 rings (SSSR count). The minimum Gasteiger partial charge on any atom is -0.388 e. The summed E-state index contributed by atoms with van der Waals surface area (Å²) in [7, 11) is -4.60. The van der Waals surface area contributed by atoms with Crippen LogP contribution in [0.4, 0.5) is 0 Å². The summed E-state index contributed by atoms with van der Waals surface area (Å²) in [5.41, 5.74) is 4.82. The van der Waals surface area contributed by atoms with Crippen LogP contribution < -0.4 is 5.73 Å². The molecule has 0 saturated heterocycles. The van der Waals surface area contributed by atoms with Crippen LogP contribution in [0.5, 0.6) is 0 Å². The van der Waals surface area contributed by atoms with Gasteiger partial charge in [0.2, 0.25) is 0 Å². The lowest BCUT2D eigenvalue weighted by molar-refractivity contribution is 0.0575. The van der Waals surface area contributed by atoms with Crippen molar-refractivity contribution in [3.05, 3.63) is 0 Å². The van der Waals surface area contributed by atoms with Crippen LogP contribution in [0.3, 0.4) is 0 Å². The van der Waals surface area contributed by atoms with Gasteiger partial charge in [0.15, 0.2) is 5.85 Å². The van der Waals surface area contributed by atoms with Crippen molar-refractivity contribution in [2.45, 2.75) is 11.9 Å². The Bertz CT molecular complexity index is 144. The maximum absolute atomic E-state index is 10.2. The topological polar surface area (TPSA) is 124 Å². The van der Waals surface area contributed by atoms with E-state index in [-0.39, 0.29) is 6.54 Å². The van der Waals surface area contributed by atoms with Crippen molar-refractivity contribution in [3.63, 3.8) is 0 Å². The largest absolute Gasteiger partial charge is 0.388 e. The van der Waals surface area contributed by atoms with Gasteiger partial charge in [0.1, 0.15) is 6.10 Å². The third-order valence-electron chi connectivity index (χ3n) is 0.930. The second-order valence-electron chi connectivity index (χ2n) is 1.81. The number of nitrogens with two attached hydrogens (primary N) is 1. The Morgan fingerprint density at radius 1 is 1.40 bits per heavy atom. The van der Waals surface area contributed by atoms with Gasteiger partial charge >= 0.3 is 7.60 Å². The SMILES string of the molecule is NC[C@H](O)[C@@H](O)P(=O)(O)O. The van der Waals surface area contributed by atoms with E-state index >= 15 is 0 Å². The number of rotatable bonds is 3. The number of hydrogen-bond donors (Lipinski definition) is 5. The molecule has 7 heteroatoms. The van der Waals surface area contributed by atoms with Crippen molar-refractivity contribution in [3.8, 4) is 0 Å². The molecule has 0 radical (unpaired) electrons. The number of aliphatic hydroxyl groups excluding tert-OH is 2. The summed E-state index contributed by atoms with van der Waals surface area (Å²) in [5.74, 6) is -2.07. The first-order chi connectivity index (χ1) is 4.39. The summed E-state index contributed by atoms with van der Waals surface area (Å²) < 4.78 is 10.2. The average Bonchev–Trinajstić information content (AvgIpc) is 1.83. The first-order valence-electron chi connectivity index (χ1n) is 2.51. The fourth-order valence-electron chi connectivity index (χ4n) is 0.346. The highest BCUT2D eigenvalue weighted by Gasteiger charge is 2.32. The Balaban J connectivity index is 4.08. The minimum absolute atomic E-state index is 0.383. The molecular formula is C3H10NO5P. The van der Waals surface area contributed by atoms with E-state index in [0.29, 0.717) is 0 Å². The maximum atomic E-state index is 10.2. The third kappa shape index (κ3) is 2.74. The predicted molar refractivity (Wildman–Crippen MR) is 33.1 cm³/mol. The molecule has 0 saturated carbocycles. The monoisotopic (exact) mass is 171 g/mol. The second-order valence-corrected chi connectivity index (χ2v) is 3.51.